The second-order valence-corrected chi connectivity index (χ2v) is 5.80. The molecule has 0 atom stereocenters. The highest BCUT2D eigenvalue weighted by molar-refractivity contribution is 5.57. The van der Waals surface area contributed by atoms with E-state index in [4.69, 9.17) is 0 Å². The zero-order valence-corrected chi connectivity index (χ0v) is 14.8. The van der Waals surface area contributed by atoms with Crippen LogP contribution >= 0.6 is 0 Å². The monoisotopic (exact) mass is 411 g/mol. The summed E-state index contributed by atoms with van der Waals surface area (Å²) < 4.78 is 69.0. The molecule has 3 rings (SSSR count). The van der Waals surface area contributed by atoms with Crippen molar-refractivity contribution in [3.8, 4) is 5.69 Å². The summed E-state index contributed by atoms with van der Waals surface area (Å²) in [6.07, 6.45) is 0. The SMILES string of the molecule is Cc1nn(-c2c(F)c(F)c(F)c(F)c2F)c(C)c1N=Nc1ccccc1[N+](=O)[O-]. The van der Waals surface area contributed by atoms with E-state index in [1.165, 1.54) is 38.1 Å². The Labute approximate surface area is 159 Å². The summed E-state index contributed by atoms with van der Waals surface area (Å²) >= 11 is 0. The van der Waals surface area contributed by atoms with Crippen LogP contribution in [-0.2, 0) is 0 Å². The van der Waals surface area contributed by atoms with Crippen molar-refractivity contribution < 1.29 is 26.9 Å². The van der Waals surface area contributed by atoms with Gasteiger partial charge in [0.1, 0.15) is 11.4 Å². The topological polar surface area (TPSA) is 85.7 Å². The Kier molecular flexibility index (Phi) is 5.10. The van der Waals surface area contributed by atoms with Crippen molar-refractivity contribution in [1.82, 2.24) is 9.78 Å². The molecule has 0 saturated carbocycles. The summed E-state index contributed by atoms with van der Waals surface area (Å²) in [5, 5.41) is 22.4. The maximum atomic E-state index is 14.1. The van der Waals surface area contributed by atoms with Crippen LogP contribution in [-0.4, -0.2) is 14.7 Å². The summed E-state index contributed by atoms with van der Waals surface area (Å²) in [4.78, 5) is 10.4. The minimum atomic E-state index is -2.29. The number of benzene rings is 2. The van der Waals surface area contributed by atoms with Gasteiger partial charge in [0.25, 0.3) is 5.69 Å². The lowest BCUT2D eigenvalue weighted by Gasteiger charge is -2.09. The molecule has 1 aromatic heterocycles. The standard InChI is InChI=1S/C17H10F5N5O2/c1-7-16(24-23-9-5-3-4-6-10(9)27(28)29)8(2)26(25-7)17-14(21)12(19)11(18)13(20)15(17)22/h3-6H,1-2H3. The molecule has 0 bridgehead atoms. The first-order chi connectivity index (χ1) is 13.6. The molecular formula is C17H10F5N5O2. The van der Waals surface area contributed by atoms with Crippen LogP contribution in [0.15, 0.2) is 34.5 Å². The van der Waals surface area contributed by atoms with E-state index in [-0.39, 0.29) is 28.5 Å². The Morgan fingerprint density at radius 2 is 1.48 bits per heavy atom. The Hall–Kier alpha value is -3.70. The van der Waals surface area contributed by atoms with Gasteiger partial charge in [0.2, 0.25) is 5.82 Å². The highest BCUT2D eigenvalue weighted by Crippen LogP contribution is 2.33. The van der Waals surface area contributed by atoms with Crippen molar-refractivity contribution in [2.45, 2.75) is 13.8 Å². The van der Waals surface area contributed by atoms with Crippen molar-refractivity contribution in [2.24, 2.45) is 10.2 Å². The van der Waals surface area contributed by atoms with Crippen molar-refractivity contribution in [3.63, 3.8) is 0 Å². The van der Waals surface area contributed by atoms with Crippen LogP contribution in [0.3, 0.4) is 0 Å². The third-order valence-corrected chi connectivity index (χ3v) is 3.99. The molecule has 0 spiro atoms. The first-order valence-electron chi connectivity index (χ1n) is 7.88. The van der Waals surface area contributed by atoms with E-state index in [2.05, 4.69) is 15.3 Å². The summed E-state index contributed by atoms with van der Waals surface area (Å²) in [6, 6.07) is 5.43. The molecule has 0 radical (unpaired) electrons. The first kappa shape index (κ1) is 20.0. The number of hydrogen-bond acceptors (Lipinski definition) is 5. The van der Waals surface area contributed by atoms with Gasteiger partial charge in [0, 0.05) is 6.07 Å². The molecule has 0 fully saturated rings. The van der Waals surface area contributed by atoms with E-state index in [1.807, 2.05) is 0 Å². The van der Waals surface area contributed by atoms with Gasteiger partial charge in [0.05, 0.1) is 16.3 Å². The second kappa shape index (κ2) is 7.37. The average molecular weight is 411 g/mol. The first-order valence-corrected chi connectivity index (χ1v) is 7.88. The molecule has 0 amide bonds. The largest absolute Gasteiger partial charge is 0.296 e. The maximum Gasteiger partial charge on any atom is 0.296 e. The Morgan fingerprint density at radius 3 is 2.07 bits per heavy atom. The van der Waals surface area contributed by atoms with Crippen molar-refractivity contribution in [2.75, 3.05) is 0 Å². The molecule has 0 saturated heterocycles. The van der Waals surface area contributed by atoms with Crippen LogP contribution in [0, 0.1) is 53.0 Å². The quantitative estimate of drug-likeness (QED) is 0.142. The molecule has 7 nitrogen and oxygen atoms in total. The van der Waals surface area contributed by atoms with Gasteiger partial charge < -0.3 is 0 Å². The van der Waals surface area contributed by atoms with Crippen LogP contribution < -0.4 is 0 Å². The molecule has 0 N–H and O–H groups in total. The number of rotatable bonds is 4. The van der Waals surface area contributed by atoms with E-state index in [0.29, 0.717) is 4.68 Å². The minimum Gasteiger partial charge on any atom is -0.258 e. The summed E-state index contributed by atoms with van der Waals surface area (Å²) in [7, 11) is 0. The number of aryl methyl sites for hydroxylation is 1. The number of aromatic nitrogens is 2. The van der Waals surface area contributed by atoms with Gasteiger partial charge in [-0.1, -0.05) is 12.1 Å². The van der Waals surface area contributed by atoms with Gasteiger partial charge in [-0.05, 0) is 19.9 Å². The third-order valence-electron chi connectivity index (χ3n) is 3.99. The summed E-state index contributed by atoms with van der Waals surface area (Å²) in [6.45, 7) is 2.63. The van der Waals surface area contributed by atoms with Crippen LogP contribution in [0.25, 0.3) is 5.69 Å². The lowest BCUT2D eigenvalue weighted by atomic mass is 10.2. The van der Waals surface area contributed by atoms with Crippen molar-refractivity contribution >= 4 is 17.1 Å². The minimum absolute atomic E-state index is 0.0490. The van der Waals surface area contributed by atoms with Gasteiger partial charge in [-0.15, -0.1) is 10.2 Å². The molecule has 3 aromatic rings. The highest BCUT2D eigenvalue weighted by Gasteiger charge is 2.29. The number of para-hydroxylation sites is 1. The van der Waals surface area contributed by atoms with E-state index < -0.39 is 39.7 Å². The highest BCUT2D eigenvalue weighted by atomic mass is 19.2. The smallest absolute Gasteiger partial charge is 0.258 e. The van der Waals surface area contributed by atoms with Crippen LogP contribution in [0.4, 0.5) is 39.0 Å². The molecule has 29 heavy (non-hydrogen) atoms. The Morgan fingerprint density at radius 1 is 0.931 bits per heavy atom. The molecule has 2 aromatic carbocycles. The number of hydrogen-bond donors (Lipinski definition) is 0. The molecular weight excluding hydrogens is 401 g/mol. The zero-order chi connectivity index (χ0) is 21.5. The van der Waals surface area contributed by atoms with Gasteiger partial charge >= 0.3 is 0 Å². The number of nitrogens with zero attached hydrogens (tertiary/aromatic N) is 5. The van der Waals surface area contributed by atoms with E-state index >= 15 is 0 Å². The van der Waals surface area contributed by atoms with E-state index in [1.54, 1.807) is 0 Å². The summed E-state index contributed by atoms with van der Waals surface area (Å²) in [5.41, 5.74) is -1.79. The van der Waals surface area contributed by atoms with Crippen LogP contribution in [0.2, 0.25) is 0 Å². The summed E-state index contributed by atoms with van der Waals surface area (Å²) in [5.74, 6) is -10.6. The Balaban J connectivity index is 2.14. The van der Waals surface area contributed by atoms with Crippen molar-refractivity contribution in [3.05, 3.63) is 74.9 Å². The predicted molar refractivity (Wildman–Crippen MR) is 90.1 cm³/mol. The molecule has 1 heterocycles. The second-order valence-electron chi connectivity index (χ2n) is 5.80. The zero-order valence-electron chi connectivity index (χ0n) is 14.8. The number of nitro benzene ring substituents is 1. The molecule has 0 aliphatic rings. The normalized spacial score (nSPS) is 11.4. The van der Waals surface area contributed by atoms with E-state index in [0.717, 1.165) is 0 Å². The van der Waals surface area contributed by atoms with Crippen molar-refractivity contribution in [1.29, 1.82) is 0 Å². The fourth-order valence-corrected chi connectivity index (χ4v) is 2.58. The molecule has 150 valence electrons. The van der Waals surface area contributed by atoms with Gasteiger partial charge in [-0.2, -0.15) is 5.10 Å². The Bertz CT molecular complexity index is 1150. The molecule has 12 heteroatoms. The third kappa shape index (κ3) is 3.32. The molecule has 0 aliphatic heterocycles. The van der Waals surface area contributed by atoms with Gasteiger partial charge in [-0.25, -0.2) is 26.6 Å². The van der Waals surface area contributed by atoms with E-state index in [9.17, 15) is 32.1 Å². The number of azo groups is 1. The predicted octanol–water partition coefficient (Wildman–Crippen LogP) is 5.51. The average Bonchev–Trinajstić information content (AvgIpc) is 2.97. The fourth-order valence-electron chi connectivity index (χ4n) is 2.58. The van der Waals surface area contributed by atoms with Gasteiger partial charge in [-0.3, -0.25) is 10.1 Å². The molecule has 0 aliphatic carbocycles. The number of halogens is 5. The maximum absolute atomic E-state index is 14.1. The van der Waals surface area contributed by atoms with Crippen LogP contribution in [0.5, 0.6) is 0 Å². The molecule has 0 unspecified atom stereocenters. The van der Waals surface area contributed by atoms with Crippen LogP contribution in [0.1, 0.15) is 11.4 Å². The fraction of sp³-hybridized carbons (Fsp3) is 0.118. The van der Waals surface area contributed by atoms with Gasteiger partial charge in [0.15, 0.2) is 29.0 Å². The lowest BCUT2D eigenvalue weighted by Crippen LogP contribution is -2.11. The number of nitro groups is 1. The lowest BCUT2D eigenvalue weighted by molar-refractivity contribution is -0.384.